The number of piperidine rings is 1. The van der Waals surface area contributed by atoms with E-state index >= 15 is 0 Å². The summed E-state index contributed by atoms with van der Waals surface area (Å²) in [6.07, 6.45) is 5.30. The summed E-state index contributed by atoms with van der Waals surface area (Å²) in [6.45, 7) is 3.78. The van der Waals surface area contributed by atoms with Crippen molar-refractivity contribution in [3.63, 3.8) is 0 Å². The van der Waals surface area contributed by atoms with Crippen LogP contribution >= 0.6 is 0 Å². The van der Waals surface area contributed by atoms with Crippen LogP contribution in [-0.2, 0) is 0 Å². The largest absolute Gasteiger partial charge is 0.370 e. The summed E-state index contributed by atoms with van der Waals surface area (Å²) >= 11 is 0. The molecule has 1 aromatic carbocycles. The molecule has 1 aliphatic heterocycles. The summed E-state index contributed by atoms with van der Waals surface area (Å²) in [7, 11) is 0. The first-order valence-electron chi connectivity index (χ1n) is 7.16. The SMILES string of the molecule is Cc1cc(N2CCCCC2)cn1-c1ccc(F)c(F)c1F. The Bertz CT molecular complexity index is 658. The summed E-state index contributed by atoms with van der Waals surface area (Å²) in [5.41, 5.74) is 1.83. The minimum Gasteiger partial charge on any atom is -0.370 e. The Kier molecular flexibility index (Phi) is 3.66. The lowest BCUT2D eigenvalue weighted by atomic mass is 10.1. The molecule has 112 valence electrons. The van der Waals surface area contributed by atoms with Crippen molar-refractivity contribution in [2.45, 2.75) is 26.2 Å². The lowest BCUT2D eigenvalue weighted by Crippen LogP contribution is -2.28. The summed E-state index contributed by atoms with van der Waals surface area (Å²) in [5.74, 6) is -3.75. The smallest absolute Gasteiger partial charge is 0.196 e. The fraction of sp³-hybridized carbons (Fsp3) is 0.375. The van der Waals surface area contributed by atoms with Gasteiger partial charge >= 0.3 is 0 Å². The monoisotopic (exact) mass is 294 g/mol. The zero-order valence-corrected chi connectivity index (χ0v) is 11.9. The maximum absolute atomic E-state index is 13.9. The standard InChI is InChI=1S/C16H17F3N2/c1-11-9-12(20-7-3-2-4-8-20)10-21(11)14-6-5-13(17)15(18)16(14)19/h5-6,9-10H,2-4,7-8H2,1H3. The van der Waals surface area contributed by atoms with Gasteiger partial charge in [0.1, 0.15) is 0 Å². The zero-order chi connectivity index (χ0) is 15.0. The molecule has 1 aromatic heterocycles. The van der Waals surface area contributed by atoms with Crippen LogP contribution in [-0.4, -0.2) is 17.7 Å². The van der Waals surface area contributed by atoms with Crippen LogP contribution in [0.15, 0.2) is 24.4 Å². The highest BCUT2D eigenvalue weighted by Gasteiger charge is 2.18. The summed E-state index contributed by atoms with van der Waals surface area (Å²) in [4.78, 5) is 2.24. The molecular weight excluding hydrogens is 277 g/mol. The van der Waals surface area contributed by atoms with E-state index in [1.807, 2.05) is 13.0 Å². The van der Waals surface area contributed by atoms with Crippen LogP contribution in [0.4, 0.5) is 18.9 Å². The van der Waals surface area contributed by atoms with Crippen molar-refractivity contribution in [3.05, 3.63) is 47.5 Å². The van der Waals surface area contributed by atoms with E-state index in [-0.39, 0.29) is 5.69 Å². The van der Waals surface area contributed by atoms with Gasteiger partial charge in [-0.05, 0) is 44.4 Å². The molecule has 0 radical (unpaired) electrons. The van der Waals surface area contributed by atoms with Crippen LogP contribution in [0.1, 0.15) is 25.0 Å². The summed E-state index contributed by atoms with van der Waals surface area (Å²) in [5, 5.41) is 0. The fourth-order valence-electron chi connectivity index (χ4n) is 2.84. The highest BCUT2D eigenvalue weighted by molar-refractivity contribution is 5.51. The minimum atomic E-state index is -1.43. The van der Waals surface area contributed by atoms with Crippen molar-refractivity contribution < 1.29 is 13.2 Å². The maximum atomic E-state index is 13.9. The molecule has 2 heterocycles. The van der Waals surface area contributed by atoms with Gasteiger partial charge in [-0.15, -0.1) is 0 Å². The zero-order valence-electron chi connectivity index (χ0n) is 11.9. The first-order chi connectivity index (χ1) is 10.1. The average molecular weight is 294 g/mol. The number of rotatable bonds is 2. The molecule has 1 fully saturated rings. The number of nitrogens with zero attached hydrogens (tertiary/aromatic N) is 2. The van der Waals surface area contributed by atoms with Crippen molar-refractivity contribution in [2.24, 2.45) is 0 Å². The van der Waals surface area contributed by atoms with Gasteiger partial charge in [-0.3, -0.25) is 0 Å². The molecule has 2 nitrogen and oxygen atoms in total. The third kappa shape index (κ3) is 2.52. The quantitative estimate of drug-likeness (QED) is 0.754. The van der Waals surface area contributed by atoms with E-state index in [0.717, 1.165) is 43.4 Å². The molecule has 0 spiro atoms. The molecule has 0 saturated carbocycles. The second-order valence-electron chi connectivity index (χ2n) is 5.45. The number of aromatic nitrogens is 1. The Hall–Kier alpha value is -1.91. The Labute approximate surface area is 121 Å². The Morgan fingerprint density at radius 1 is 0.952 bits per heavy atom. The predicted molar refractivity (Wildman–Crippen MR) is 76.4 cm³/mol. The van der Waals surface area contributed by atoms with Gasteiger partial charge in [0.2, 0.25) is 0 Å². The molecule has 21 heavy (non-hydrogen) atoms. The van der Waals surface area contributed by atoms with Crippen LogP contribution in [0.5, 0.6) is 0 Å². The van der Waals surface area contributed by atoms with E-state index in [9.17, 15) is 13.2 Å². The normalized spacial score (nSPS) is 15.5. The topological polar surface area (TPSA) is 8.17 Å². The van der Waals surface area contributed by atoms with Crippen LogP contribution in [0, 0.1) is 24.4 Å². The van der Waals surface area contributed by atoms with E-state index in [1.54, 1.807) is 10.8 Å². The first kappa shape index (κ1) is 14.0. The predicted octanol–water partition coefficient (Wildman–Crippen LogP) is 4.19. The van der Waals surface area contributed by atoms with Crippen LogP contribution < -0.4 is 4.90 Å². The molecule has 5 heteroatoms. The summed E-state index contributed by atoms with van der Waals surface area (Å²) < 4.78 is 41.9. The number of aryl methyl sites for hydroxylation is 1. The Morgan fingerprint density at radius 3 is 2.38 bits per heavy atom. The van der Waals surface area contributed by atoms with Crippen LogP contribution in [0.2, 0.25) is 0 Å². The van der Waals surface area contributed by atoms with Gasteiger partial charge in [0.15, 0.2) is 17.5 Å². The number of hydrogen-bond donors (Lipinski definition) is 0. The third-order valence-corrected chi connectivity index (χ3v) is 3.99. The second kappa shape index (κ2) is 5.47. The second-order valence-corrected chi connectivity index (χ2v) is 5.45. The third-order valence-electron chi connectivity index (χ3n) is 3.99. The molecule has 0 atom stereocenters. The molecule has 1 aliphatic rings. The van der Waals surface area contributed by atoms with E-state index in [4.69, 9.17) is 0 Å². The van der Waals surface area contributed by atoms with Crippen molar-refractivity contribution in [1.82, 2.24) is 4.57 Å². The van der Waals surface area contributed by atoms with Crippen molar-refractivity contribution in [3.8, 4) is 5.69 Å². The number of hydrogen-bond acceptors (Lipinski definition) is 1. The highest BCUT2D eigenvalue weighted by Crippen LogP contribution is 2.27. The fourth-order valence-corrected chi connectivity index (χ4v) is 2.84. The van der Waals surface area contributed by atoms with Gasteiger partial charge in [0.05, 0.1) is 11.4 Å². The molecule has 1 saturated heterocycles. The van der Waals surface area contributed by atoms with Gasteiger partial charge in [0.25, 0.3) is 0 Å². The van der Waals surface area contributed by atoms with E-state index < -0.39 is 17.5 Å². The molecule has 0 aliphatic carbocycles. The molecule has 0 N–H and O–H groups in total. The highest BCUT2D eigenvalue weighted by atomic mass is 19.2. The Morgan fingerprint density at radius 2 is 1.67 bits per heavy atom. The van der Waals surface area contributed by atoms with Gasteiger partial charge in [-0.25, -0.2) is 13.2 Å². The van der Waals surface area contributed by atoms with Crippen LogP contribution in [0.3, 0.4) is 0 Å². The Balaban J connectivity index is 1.99. The van der Waals surface area contributed by atoms with Crippen molar-refractivity contribution in [2.75, 3.05) is 18.0 Å². The van der Waals surface area contributed by atoms with Gasteiger partial charge in [-0.2, -0.15) is 0 Å². The molecule has 0 amide bonds. The minimum absolute atomic E-state index is 0.0367. The van der Waals surface area contributed by atoms with Crippen LogP contribution in [0.25, 0.3) is 5.69 Å². The van der Waals surface area contributed by atoms with Gasteiger partial charge < -0.3 is 9.47 Å². The average Bonchev–Trinajstić information content (AvgIpc) is 2.88. The van der Waals surface area contributed by atoms with E-state index in [0.29, 0.717) is 0 Å². The molecule has 2 aromatic rings. The maximum Gasteiger partial charge on any atom is 0.196 e. The molecule has 3 rings (SSSR count). The van der Waals surface area contributed by atoms with Gasteiger partial charge in [0, 0.05) is 25.0 Å². The van der Waals surface area contributed by atoms with Crippen molar-refractivity contribution >= 4 is 5.69 Å². The molecule has 0 unspecified atom stereocenters. The number of benzene rings is 1. The lowest BCUT2D eigenvalue weighted by molar-refractivity contribution is 0.444. The van der Waals surface area contributed by atoms with E-state index in [1.165, 1.54) is 12.5 Å². The summed E-state index contributed by atoms with van der Waals surface area (Å²) in [6, 6.07) is 4.17. The molecule has 0 bridgehead atoms. The van der Waals surface area contributed by atoms with Crippen molar-refractivity contribution in [1.29, 1.82) is 0 Å². The number of anilines is 1. The number of halogens is 3. The van der Waals surface area contributed by atoms with E-state index in [2.05, 4.69) is 4.90 Å². The lowest BCUT2D eigenvalue weighted by Gasteiger charge is -2.27. The van der Waals surface area contributed by atoms with Gasteiger partial charge in [-0.1, -0.05) is 0 Å². The molecular formula is C16H17F3N2. The first-order valence-corrected chi connectivity index (χ1v) is 7.16.